The minimum absolute atomic E-state index is 0.262. The summed E-state index contributed by atoms with van der Waals surface area (Å²) in [6.45, 7) is 0.762. The molecule has 0 atom stereocenters. The van der Waals surface area contributed by atoms with Gasteiger partial charge in [0.1, 0.15) is 5.76 Å². The fourth-order valence-corrected chi connectivity index (χ4v) is 3.77. The van der Waals surface area contributed by atoms with Crippen molar-refractivity contribution in [1.82, 2.24) is 0 Å². The van der Waals surface area contributed by atoms with Crippen molar-refractivity contribution < 1.29 is 9.47 Å². The van der Waals surface area contributed by atoms with E-state index in [1.165, 1.54) is 49.2 Å². The number of thioether (sulfide) groups is 1. The summed E-state index contributed by atoms with van der Waals surface area (Å²) in [5.41, 5.74) is 2.87. The van der Waals surface area contributed by atoms with Crippen molar-refractivity contribution >= 4 is 11.8 Å². The highest BCUT2D eigenvalue weighted by Crippen LogP contribution is 2.41. The maximum absolute atomic E-state index is 6.28. The van der Waals surface area contributed by atoms with E-state index in [9.17, 15) is 0 Å². The SMILES string of the molecule is CSCCC1=CC2=C(CC1)OC1(CCCCC1)OC2. The molecule has 2 nitrogen and oxygen atoms in total. The number of allylic oxidation sites excluding steroid dienone is 2. The molecule has 0 unspecified atom stereocenters. The van der Waals surface area contributed by atoms with Crippen LogP contribution in [0.15, 0.2) is 23.0 Å². The average molecular weight is 280 g/mol. The monoisotopic (exact) mass is 280 g/mol. The van der Waals surface area contributed by atoms with Crippen LogP contribution in [0.5, 0.6) is 0 Å². The molecule has 0 saturated heterocycles. The summed E-state index contributed by atoms with van der Waals surface area (Å²) >= 11 is 1.92. The van der Waals surface area contributed by atoms with Crippen molar-refractivity contribution in [2.75, 3.05) is 18.6 Å². The zero-order valence-electron chi connectivity index (χ0n) is 11.9. The van der Waals surface area contributed by atoms with E-state index in [1.54, 1.807) is 5.57 Å². The van der Waals surface area contributed by atoms with Gasteiger partial charge in [0.25, 0.3) is 0 Å². The van der Waals surface area contributed by atoms with Gasteiger partial charge >= 0.3 is 0 Å². The van der Waals surface area contributed by atoms with E-state index in [-0.39, 0.29) is 5.79 Å². The predicted molar refractivity (Wildman–Crippen MR) is 80.2 cm³/mol. The van der Waals surface area contributed by atoms with Gasteiger partial charge in [-0.3, -0.25) is 0 Å². The van der Waals surface area contributed by atoms with Gasteiger partial charge in [-0.05, 0) is 37.7 Å². The first kappa shape index (κ1) is 13.6. The van der Waals surface area contributed by atoms with Crippen molar-refractivity contribution in [3.8, 4) is 0 Å². The first-order valence-corrected chi connectivity index (χ1v) is 8.94. The number of hydrogen-bond donors (Lipinski definition) is 0. The van der Waals surface area contributed by atoms with Gasteiger partial charge in [0.2, 0.25) is 5.79 Å². The maximum atomic E-state index is 6.28. The van der Waals surface area contributed by atoms with E-state index in [2.05, 4.69) is 12.3 Å². The molecular formula is C16H24O2S. The van der Waals surface area contributed by atoms with Crippen LogP contribution in [0.3, 0.4) is 0 Å². The largest absolute Gasteiger partial charge is 0.466 e. The summed E-state index contributed by atoms with van der Waals surface area (Å²) in [6.07, 6.45) is 14.0. The molecule has 0 amide bonds. The summed E-state index contributed by atoms with van der Waals surface area (Å²) in [5.74, 6) is 2.18. The third-order valence-corrected chi connectivity index (χ3v) is 5.06. The summed E-state index contributed by atoms with van der Waals surface area (Å²) in [7, 11) is 0. The molecular weight excluding hydrogens is 256 g/mol. The Morgan fingerprint density at radius 1 is 1.21 bits per heavy atom. The second kappa shape index (κ2) is 5.92. The van der Waals surface area contributed by atoms with Crippen LogP contribution in [0.2, 0.25) is 0 Å². The van der Waals surface area contributed by atoms with Crippen LogP contribution in [-0.2, 0) is 9.47 Å². The quantitative estimate of drug-likeness (QED) is 0.762. The number of rotatable bonds is 3. The molecule has 0 N–H and O–H groups in total. The summed E-state index contributed by atoms with van der Waals surface area (Å²) in [6, 6.07) is 0. The van der Waals surface area contributed by atoms with Gasteiger partial charge in [0.05, 0.1) is 6.61 Å². The van der Waals surface area contributed by atoms with Gasteiger partial charge in [0.15, 0.2) is 0 Å². The maximum Gasteiger partial charge on any atom is 0.210 e. The predicted octanol–water partition coefficient (Wildman–Crippen LogP) is 4.42. The third kappa shape index (κ3) is 3.03. The summed E-state index contributed by atoms with van der Waals surface area (Å²) < 4.78 is 12.4. The average Bonchev–Trinajstić information content (AvgIpc) is 2.46. The van der Waals surface area contributed by atoms with Gasteiger partial charge in [0, 0.05) is 24.8 Å². The molecule has 1 aliphatic heterocycles. The second-order valence-electron chi connectivity index (χ2n) is 5.86. The molecule has 3 heteroatoms. The smallest absolute Gasteiger partial charge is 0.210 e. The Balaban J connectivity index is 1.69. The summed E-state index contributed by atoms with van der Waals surface area (Å²) in [4.78, 5) is 0. The standard InChI is InChI=1S/C16H24O2S/c1-19-10-7-13-5-6-15-14(11-13)12-17-16(18-15)8-3-2-4-9-16/h11H,2-10,12H2,1H3. The molecule has 1 heterocycles. The molecule has 2 aliphatic carbocycles. The van der Waals surface area contributed by atoms with Crippen LogP contribution in [0.4, 0.5) is 0 Å². The Kier molecular flexibility index (Phi) is 4.23. The van der Waals surface area contributed by atoms with Crippen molar-refractivity contribution in [2.45, 2.75) is 57.2 Å². The molecule has 0 bridgehead atoms. The van der Waals surface area contributed by atoms with E-state index in [0.29, 0.717) is 0 Å². The van der Waals surface area contributed by atoms with Crippen molar-refractivity contribution in [2.24, 2.45) is 0 Å². The van der Waals surface area contributed by atoms with Crippen LogP contribution in [0, 0.1) is 0 Å². The Hall–Kier alpha value is -0.410. The minimum Gasteiger partial charge on any atom is -0.466 e. The van der Waals surface area contributed by atoms with Crippen LogP contribution in [-0.4, -0.2) is 24.4 Å². The lowest BCUT2D eigenvalue weighted by molar-refractivity contribution is -0.241. The van der Waals surface area contributed by atoms with Gasteiger partial charge in [-0.15, -0.1) is 0 Å². The Labute approximate surface area is 120 Å². The third-order valence-electron chi connectivity index (χ3n) is 4.45. The normalized spacial score (nSPS) is 25.8. The first-order valence-electron chi connectivity index (χ1n) is 7.55. The lowest BCUT2D eigenvalue weighted by Gasteiger charge is -2.42. The molecule has 19 heavy (non-hydrogen) atoms. The molecule has 0 aromatic carbocycles. The van der Waals surface area contributed by atoms with Crippen molar-refractivity contribution in [3.05, 3.63) is 23.0 Å². The molecule has 1 spiro atoms. The van der Waals surface area contributed by atoms with Gasteiger partial charge in [-0.1, -0.05) is 18.1 Å². The van der Waals surface area contributed by atoms with E-state index in [0.717, 1.165) is 25.9 Å². The molecule has 3 aliphatic rings. The highest BCUT2D eigenvalue weighted by Gasteiger charge is 2.39. The zero-order valence-corrected chi connectivity index (χ0v) is 12.7. The molecule has 0 aromatic heterocycles. The highest BCUT2D eigenvalue weighted by atomic mass is 32.2. The lowest BCUT2D eigenvalue weighted by Crippen LogP contribution is -2.41. The van der Waals surface area contributed by atoms with E-state index in [1.807, 2.05) is 11.8 Å². The Bertz CT molecular complexity index is 392. The molecule has 3 rings (SSSR count). The first-order chi connectivity index (χ1) is 9.31. The zero-order chi connectivity index (χ0) is 13.1. The molecule has 1 saturated carbocycles. The second-order valence-corrected chi connectivity index (χ2v) is 6.84. The van der Waals surface area contributed by atoms with Crippen molar-refractivity contribution in [1.29, 1.82) is 0 Å². The topological polar surface area (TPSA) is 18.5 Å². The van der Waals surface area contributed by atoms with Crippen LogP contribution in [0.1, 0.15) is 51.4 Å². The van der Waals surface area contributed by atoms with Crippen LogP contribution in [0.25, 0.3) is 0 Å². The summed E-state index contributed by atoms with van der Waals surface area (Å²) in [5, 5.41) is 0. The van der Waals surface area contributed by atoms with Crippen LogP contribution >= 0.6 is 11.8 Å². The molecule has 106 valence electrons. The highest BCUT2D eigenvalue weighted by molar-refractivity contribution is 7.98. The fourth-order valence-electron chi connectivity index (χ4n) is 3.30. The van der Waals surface area contributed by atoms with E-state index < -0.39 is 0 Å². The Morgan fingerprint density at radius 3 is 2.84 bits per heavy atom. The van der Waals surface area contributed by atoms with Gasteiger partial charge < -0.3 is 9.47 Å². The van der Waals surface area contributed by atoms with Gasteiger partial charge in [-0.2, -0.15) is 11.8 Å². The molecule has 1 fully saturated rings. The molecule has 0 aromatic rings. The van der Waals surface area contributed by atoms with Crippen molar-refractivity contribution in [3.63, 3.8) is 0 Å². The number of hydrogen-bond acceptors (Lipinski definition) is 3. The van der Waals surface area contributed by atoms with E-state index in [4.69, 9.17) is 9.47 Å². The van der Waals surface area contributed by atoms with Gasteiger partial charge in [-0.25, -0.2) is 0 Å². The van der Waals surface area contributed by atoms with E-state index >= 15 is 0 Å². The minimum atomic E-state index is -0.262. The molecule has 0 radical (unpaired) electrons. The Morgan fingerprint density at radius 2 is 2.05 bits per heavy atom. The van der Waals surface area contributed by atoms with Crippen LogP contribution < -0.4 is 0 Å². The number of ether oxygens (including phenoxy) is 2. The fraction of sp³-hybridized carbons (Fsp3) is 0.750. The lowest BCUT2D eigenvalue weighted by atomic mass is 9.91.